The van der Waals surface area contributed by atoms with Crippen LogP contribution in [0.5, 0.6) is 5.75 Å². The van der Waals surface area contributed by atoms with Gasteiger partial charge in [0.15, 0.2) is 0 Å². The Balaban J connectivity index is 1.97. The van der Waals surface area contributed by atoms with E-state index in [4.69, 9.17) is 4.74 Å². The highest BCUT2D eigenvalue weighted by atomic mass is 16.5. The number of carbonyl (C=O) groups excluding carboxylic acids is 1. The lowest BCUT2D eigenvalue weighted by Crippen LogP contribution is -2.40. The lowest BCUT2D eigenvalue weighted by Gasteiger charge is -2.32. The SMILES string of the molecule is CNCC1CCN(C(=O)c2cccc(OC(C)C)c2)CC1. The van der Waals surface area contributed by atoms with Crippen LogP contribution in [0.4, 0.5) is 0 Å². The normalized spacial score (nSPS) is 16.3. The zero-order valence-corrected chi connectivity index (χ0v) is 13.3. The van der Waals surface area contributed by atoms with Crippen LogP contribution in [0.2, 0.25) is 0 Å². The molecule has 1 N–H and O–H groups in total. The molecule has 1 heterocycles. The standard InChI is InChI=1S/C17H26N2O2/c1-13(2)21-16-6-4-5-15(11-16)17(20)19-9-7-14(8-10-19)12-18-3/h4-6,11,13-14,18H,7-10,12H2,1-3H3. The summed E-state index contributed by atoms with van der Waals surface area (Å²) in [5, 5.41) is 3.22. The molecule has 4 heteroatoms. The molecule has 1 aromatic rings. The van der Waals surface area contributed by atoms with Crippen molar-refractivity contribution in [1.29, 1.82) is 0 Å². The Labute approximate surface area is 127 Å². The second-order valence-corrected chi connectivity index (χ2v) is 5.99. The summed E-state index contributed by atoms with van der Waals surface area (Å²) in [4.78, 5) is 14.5. The van der Waals surface area contributed by atoms with Crippen molar-refractivity contribution in [3.05, 3.63) is 29.8 Å². The number of hydrogen-bond donors (Lipinski definition) is 1. The van der Waals surface area contributed by atoms with Crippen molar-refractivity contribution in [1.82, 2.24) is 10.2 Å². The molecule has 0 spiro atoms. The molecular weight excluding hydrogens is 264 g/mol. The summed E-state index contributed by atoms with van der Waals surface area (Å²) >= 11 is 0. The monoisotopic (exact) mass is 290 g/mol. The first-order valence-corrected chi connectivity index (χ1v) is 7.80. The van der Waals surface area contributed by atoms with Crippen LogP contribution in [-0.4, -0.2) is 43.6 Å². The van der Waals surface area contributed by atoms with Gasteiger partial charge in [0.2, 0.25) is 0 Å². The van der Waals surface area contributed by atoms with E-state index in [1.807, 2.05) is 50.1 Å². The van der Waals surface area contributed by atoms with Crippen molar-refractivity contribution in [2.75, 3.05) is 26.7 Å². The number of amides is 1. The molecule has 0 unspecified atom stereocenters. The third kappa shape index (κ3) is 4.46. The Morgan fingerprint density at radius 1 is 1.38 bits per heavy atom. The first-order chi connectivity index (χ1) is 10.1. The van der Waals surface area contributed by atoms with Crippen LogP contribution >= 0.6 is 0 Å². The maximum atomic E-state index is 12.6. The number of likely N-dealkylation sites (tertiary alicyclic amines) is 1. The van der Waals surface area contributed by atoms with Gasteiger partial charge in [-0.25, -0.2) is 0 Å². The van der Waals surface area contributed by atoms with Gasteiger partial charge >= 0.3 is 0 Å². The zero-order valence-electron chi connectivity index (χ0n) is 13.3. The van der Waals surface area contributed by atoms with E-state index < -0.39 is 0 Å². The van der Waals surface area contributed by atoms with Gasteiger partial charge in [-0.15, -0.1) is 0 Å². The van der Waals surface area contributed by atoms with E-state index in [2.05, 4.69) is 5.32 Å². The third-order valence-corrected chi connectivity index (χ3v) is 3.85. The van der Waals surface area contributed by atoms with E-state index >= 15 is 0 Å². The zero-order chi connectivity index (χ0) is 15.2. The smallest absolute Gasteiger partial charge is 0.253 e. The maximum absolute atomic E-state index is 12.6. The molecule has 1 aliphatic rings. The van der Waals surface area contributed by atoms with Crippen molar-refractivity contribution in [3.63, 3.8) is 0 Å². The molecule has 0 aliphatic carbocycles. The van der Waals surface area contributed by atoms with Gasteiger partial charge in [-0.05, 0) is 64.4 Å². The van der Waals surface area contributed by atoms with Crippen molar-refractivity contribution in [2.45, 2.75) is 32.8 Å². The molecule has 0 aromatic heterocycles. The fraction of sp³-hybridized carbons (Fsp3) is 0.588. The first kappa shape index (κ1) is 15.8. The van der Waals surface area contributed by atoms with Gasteiger partial charge in [-0.2, -0.15) is 0 Å². The Morgan fingerprint density at radius 2 is 2.10 bits per heavy atom. The summed E-state index contributed by atoms with van der Waals surface area (Å²) in [7, 11) is 1.98. The number of carbonyl (C=O) groups is 1. The summed E-state index contributed by atoms with van der Waals surface area (Å²) in [5.74, 6) is 1.57. The molecule has 0 bridgehead atoms. The number of nitrogens with one attached hydrogen (secondary N) is 1. The summed E-state index contributed by atoms with van der Waals surface area (Å²) in [6.45, 7) is 6.71. The predicted molar refractivity (Wildman–Crippen MR) is 84.8 cm³/mol. The van der Waals surface area contributed by atoms with Crippen molar-refractivity contribution in [2.24, 2.45) is 5.92 Å². The second-order valence-electron chi connectivity index (χ2n) is 5.99. The van der Waals surface area contributed by atoms with Crippen LogP contribution in [0.1, 0.15) is 37.0 Å². The number of piperidine rings is 1. The fourth-order valence-electron chi connectivity index (χ4n) is 2.79. The Morgan fingerprint density at radius 3 is 2.71 bits per heavy atom. The fourth-order valence-corrected chi connectivity index (χ4v) is 2.79. The number of rotatable bonds is 5. The summed E-state index contributed by atoms with van der Waals surface area (Å²) in [5.41, 5.74) is 0.722. The minimum atomic E-state index is 0.118. The molecule has 1 fully saturated rings. The van der Waals surface area contributed by atoms with Gasteiger partial charge < -0.3 is 15.0 Å². The molecule has 4 nitrogen and oxygen atoms in total. The van der Waals surface area contributed by atoms with Crippen molar-refractivity contribution in [3.8, 4) is 5.75 Å². The number of hydrogen-bond acceptors (Lipinski definition) is 3. The molecular formula is C17H26N2O2. The highest BCUT2D eigenvalue weighted by Crippen LogP contribution is 2.21. The van der Waals surface area contributed by atoms with Gasteiger partial charge in [0.05, 0.1) is 6.10 Å². The van der Waals surface area contributed by atoms with Crippen LogP contribution in [0.15, 0.2) is 24.3 Å². The molecule has 2 rings (SSSR count). The van der Waals surface area contributed by atoms with Gasteiger partial charge in [-0.1, -0.05) is 6.07 Å². The van der Waals surface area contributed by atoms with E-state index in [-0.39, 0.29) is 12.0 Å². The number of nitrogens with zero attached hydrogens (tertiary/aromatic N) is 1. The Bertz CT molecular complexity index is 466. The molecule has 1 aliphatic heterocycles. The lowest BCUT2D eigenvalue weighted by atomic mass is 9.96. The van der Waals surface area contributed by atoms with E-state index in [0.29, 0.717) is 5.92 Å². The molecule has 0 saturated carbocycles. The Hall–Kier alpha value is -1.55. The average molecular weight is 290 g/mol. The topological polar surface area (TPSA) is 41.6 Å². The minimum Gasteiger partial charge on any atom is -0.491 e. The minimum absolute atomic E-state index is 0.118. The summed E-state index contributed by atoms with van der Waals surface area (Å²) < 4.78 is 5.66. The number of ether oxygens (including phenoxy) is 1. The van der Waals surface area contributed by atoms with E-state index in [1.54, 1.807) is 0 Å². The third-order valence-electron chi connectivity index (χ3n) is 3.85. The van der Waals surface area contributed by atoms with E-state index in [9.17, 15) is 4.79 Å². The molecule has 0 atom stereocenters. The van der Waals surface area contributed by atoms with Crippen LogP contribution in [-0.2, 0) is 0 Å². The van der Waals surface area contributed by atoms with Gasteiger partial charge in [0, 0.05) is 18.7 Å². The molecule has 1 aromatic carbocycles. The second kappa shape index (κ2) is 7.46. The number of benzene rings is 1. The largest absolute Gasteiger partial charge is 0.491 e. The molecule has 1 saturated heterocycles. The van der Waals surface area contributed by atoms with Crippen LogP contribution in [0.3, 0.4) is 0 Å². The average Bonchev–Trinajstić information content (AvgIpc) is 2.47. The van der Waals surface area contributed by atoms with Crippen molar-refractivity contribution >= 4 is 5.91 Å². The molecule has 0 radical (unpaired) electrons. The highest BCUT2D eigenvalue weighted by Gasteiger charge is 2.23. The Kier molecular flexibility index (Phi) is 5.62. The quantitative estimate of drug-likeness (QED) is 0.906. The van der Waals surface area contributed by atoms with Gasteiger partial charge in [-0.3, -0.25) is 4.79 Å². The lowest BCUT2D eigenvalue weighted by molar-refractivity contribution is 0.0690. The molecule has 116 valence electrons. The molecule has 1 amide bonds. The van der Waals surface area contributed by atoms with Crippen LogP contribution in [0, 0.1) is 5.92 Å². The van der Waals surface area contributed by atoms with Crippen LogP contribution in [0.25, 0.3) is 0 Å². The van der Waals surface area contributed by atoms with Gasteiger partial charge in [0.25, 0.3) is 5.91 Å². The summed E-state index contributed by atoms with van der Waals surface area (Å²) in [6.07, 6.45) is 2.27. The predicted octanol–water partition coefficient (Wildman–Crippen LogP) is 2.55. The van der Waals surface area contributed by atoms with E-state index in [0.717, 1.165) is 43.8 Å². The van der Waals surface area contributed by atoms with Crippen LogP contribution < -0.4 is 10.1 Å². The summed E-state index contributed by atoms with van der Waals surface area (Å²) in [6, 6.07) is 7.51. The maximum Gasteiger partial charge on any atom is 0.253 e. The molecule has 21 heavy (non-hydrogen) atoms. The van der Waals surface area contributed by atoms with Gasteiger partial charge in [0.1, 0.15) is 5.75 Å². The highest BCUT2D eigenvalue weighted by molar-refractivity contribution is 5.94. The van der Waals surface area contributed by atoms with Crippen molar-refractivity contribution < 1.29 is 9.53 Å². The van der Waals surface area contributed by atoms with E-state index in [1.165, 1.54) is 0 Å². The first-order valence-electron chi connectivity index (χ1n) is 7.80.